The third-order valence-corrected chi connectivity index (χ3v) is 5.18. The number of Topliss-reactive ketones (excluding diaryl/α,β-unsaturated/α-hetero) is 1. The van der Waals surface area contributed by atoms with Crippen LogP contribution < -0.4 is 0 Å². The van der Waals surface area contributed by atoms with Gasteiger partial charge in [-0.1, -0.05) is 29.8 Å². The van der Waals surface area contributed by atoms with Gasteiger partial charge in [-0.2, -0.15) is 0 Å². The van der Waals surface area contributed by atoms with Gasteiger partial charge in [-0.3, -0.25) is 9.59 Å². The number of ether oxygens (including phenoxy) is 1. The predicted molar refractivity (Wildman–Crippen MR) is 114 cm³/mol. The summed E-state index contributed by atoms with van der Waals surface area (Å²) >= 11 is 0. The number of aryl methyl sites for hydroxylation is 2. The SMILES string of the molecule is Cc1ccc(C)c(/C(O)=C2\C(=O)C(=O)N(CCOC(C)C)C2c2ccc(O)cc2)c1. The van der Waals surface area contributed by atoms with E-state index >= 15 is 0 Å². The van der Waals surface area contributed by atoms with Crippen LogP contribution in [0.25, 0.3) is 5.76 Å². The van der Waals surface area contributed by atoms with Crippen molar-refractivity contribution in [2.75, 3.05) is 13.2 Å². The third kappa shape index (κ3) is 4.24. The first kappa shape index (κ1) is 21.6. The zero-order valence-electron chi connectivity index (χ0n) is 17.7. The van der Waals surface area contributed by atoms with Crippen molar-refractivity contribution in [3.8, 4) is 5.75 Å². The average Bonchev–Trinajstić information content (AvgIpc) is 2.94. The Kier molecular flexibility index (Phi) is 6.27. The number of hydrogen-bond acceptors (Lipinski definition) is 5. The fraction of sp³-hybridized carbons (Fsp3) is 0.333. The smallest absolute Gasteiger partial charge is 0.295 e. The highest BCUT2D eigenvalue weighted by Gasteiger charge is 2.46. The molecule has 6 nitrogen and oxygen atoms in total. The molecule has 1 aliphatic heterocycles. The number of carbonyl (C=O) groups is 2. The molecule has 2 aromatic carbocycles. The Morgan fingerprint density at radius 2 is 1.77 bits per heavy atom. The molecule has 0 radical (unpaired) electrons. The third-order valence-electron chi connectivity index (χ3n) is 5.18. The van der Waals surface area contributed by atoms with E-state index in [0.29, 0.717) is 11.1 Å². The van der Waals surface area contributed by atoms with E-state index in [4.69, 9.17) is 4.74 Å². The van der Waals surface area contributed by atoms with Gasteiger partial charge in [0.2, 0.25) is 0 Å². The molecule has 1 atom stereocenters. The van der Waals surface area contributed by atoms with Crippen LogP contribution in [-0.4, -0.2) is 46.1 Å². The average molecular weight is 409 g/mol. The van der Waals surface area contributed by atoms with Crippen LogP contribution in [0.1, 0.15) is 42.1 Å². The summed E-state index contributed by atoms with van der Waals surface area (Å²) < 4.78 is 5.58. The minimum absolute atomic E-state index is 0.0103. The van der Waals surface area contributed by atoms with Crippen LogP contribution in [0.4, 0.5) is 0 Å². The molecule has 0 spiro atoms. The molecule has 1 fully saturated rings. The summed E-state index contributed by atoms with van der Waals surface area (Å²) in [7, 11) is 0. The number of amides is 1. The number of aromatic hydroxyl groups is 1. The molecule has 1 amide bonds. The first-order valence-corrected chi connectivity index (χ1v) is 9.97. The number of ketones is 1. The standard InChI is InChI=1S/C24H27NO5/c1-14(2)30-12-11-25-21(17-7-9-18(26)10-8-17)20(23(28)24(25)29)22(27)19-13-15(3)5-6-16(19)4/h5-10,13-14,21,26-27H,11-12H2,1-4H3/b22-20+. The van der Waals surface area contributed by atoms with Crippen LogP contribution >= 0.6 is 0 Å². The molecule has 0 aliphatic carbocycles. The highest BCUT2D eigenvalue weighted by molar-refractivity contribution is 6.46. The summed E-state index contributed by atoms with van der Waals surface area (Å²) in [6.45, 7) is 8.00. The maximum absolute atomic E-state index is 13.0. The number of likely N-dealkylation sites (tertiary alicyclic amines) is 1. The van der Waals surface area contributed by atoms with Crippen molar-refractivity contribution in [3.05, 3.63) is 70.3 Å². The Morgan fingerprint density at radius 3 is 2.40 bits per heavy atom. The van der Waals surface area contributed by atoms with Crippen molar-refractivity contribution in [1.29, 1.82) is 0 Å². The van der Waals surface area contributed by atoms with Crippen molar-refractivity contribution in [2.45, 2.75) is 39.8 Å². The first-order valence-electron chi connectivity index (χ1n) is 9.97. The number of carbonyl (C=O) groups excluding carboxylic acids is 2. The summed E-state index contributed by atoms with van der Waals surface area (Å²) in [4.78, 5) is 27.3. The van der Waals surface area contributed by atoms with Gasteiger partial charge in [0.05, 0.1) is 24.3 Å². The fourth-order valence-corrected chi connectivity index (χ4v) is 3.64. The van der Waals surface area contributed by atoms with E-state index in [0.717, 1.165) is 11.1 Å². The molecule has 6 heteroatoms. The topological polar surface area (TPSA) is 87.1 Å². The monoisotopic (exact) mass is 409 g/mol. The van der Waals surface area contributed by atoms with Crippen molar-refractivity contribution < 1.29 is 24.5 Å². The zero-order valence-corrected chi connectivity index (χ0v) is 17.7. The van der Waals surface area contributed by atoms with E-state index in [-0.39, 0.29) is 36.3 Å². The van der Waals surface area contributed by atoms with Crippen LogP contribution in [0.15, 0.2) is 48.0 Å². The van der Waals surface area contributed by atoms with Gasteiger partial charge >= 0.3 is 0 Å². The molecule has 158 valence electrons. The van der Waals surface area contributed by atoms with Gasteiger partial charge in [0.15, 0.2) is 0 Å². The second-order valence-electron chi connectivity index (χ2n) is 7.82. The number of phenols is 1. The predicted octanol–water partition coefficient (Wildman–Crippen LogP) is 3.86. The molecule has 1 heterocycles. The summed E-state index contributed by atoms with van der Waals surface area (Å²) in [5.41, 5.74) is 2.93. The Morgan fingerprint density at radius 1 is 1.10 bits per heavy atom. The summed E-state index contributed by atoms with van der Waals surface area (Å²) in [5.74, 6) is -1.52. The second-order valence-corrected chi connectivity index (χ2v) is 7.82. The molecule has 0 bridgehead atoms. The first-order chi connectivity index (χ1) is 14.2. The van der Waals surface area contributed by atoms with E-state index < -0.39 is 17.7 Å². The van der Waals surface area contributed by atoms with Gasteiger partial charge in [0, 0.05) is 12.1 Å². The van der Waals surface area contributed by atoms with E-state index in [2.05, 4.69) is 0 Å². The Balaban J connectivity index is 2.13. The molecule has 2 N–H and O–H groups in total. The van der Waals surface area contributed by atoms with Crippen LogP contribution in [0.3, 0.4) is 0 Å². The minimum atomic E-state index is -0.763. The Hall–Kier alpha value is -3.12. The van der Waals surface area contributed by atoms with Gasteiger partial charge in [0.1, 0.15) is 11.5 Å². The van der Waals surface area contributed by atoms with Crippen molar-refractivity contribution in [2.24, 2.45) is 0 Å². The lowest BCUT2D eigenvalue weighted by Crippen LogP contribution is -2.33. The van der Waals surface area contributed by atoms with Crippen LogP contribution in [-0.2, 0) is 14.3 Å². The summed E-state index contributed by atoms with van der Waals surface area (Å²) in [5, 5.41) is 20.8. The zero-order chi connectivity index (χ0) is 22.0. The number of aliphatic hydroxyl groups excluding tert-OH is 1. The molecule has 30 heavy (non-hydrogen) atoms. The molecular formula is C24H27NO5. The van der Waals surface area contributed by atoms with E-state index in [9.17, 15) is 19.8 Å². The molecule has 1 aliphatic rings. The maximum atomic E-state index is 13.0. The van der Waals surface area contributed by atoms with Crippen LogP contribution in [0, 0.1) is 13.8 Å². The number of hydrogen-bond donors (Lipinski definition) is 2. The van der Waals surface area contributed by atoms with Crippen molar-refractivity contribution in [3.63, 3.8) is 0 Å². The minimum Gasteiger partial charge on any atom is -0.508 e. The van der Waals surface area contributed by atoms with Crippen molar-refractivity contribution >= 4 is 17.4 Å². The van der Waals surface area contributed by atoms with Gasteiger partial charge in [-0.05, 0) is 57.0 Å². The fourth-order valence-electron chi connectivity index (χ4n) is 3.64. The van der Waals surface area contributed by atoms with Crippen LogP contribution in [0.5, 0.6) is 5.75 Å². The largest absolute Gasteiger partial charge is 0.508 e. The molecular weight excluding hydrogens is 382 g/mol. The lowest BCUT2D eigenvalue weighted by atomic mass is 9.93. The summed E-state index contributed by atoms with van der Waals surface area (Å²) in [6, 6.07) is 11.1. The Bertz CT molecular complexity index is 991. The maximum Gasteiger partial charge on any atom is 0.295 e. The van der Waals surface area contributed by atoms with E-state index in [1.54, 1.807) is 18.2 Å². The normalized spacial score (nSPS) is 18.4. The lowest BCUT2D eigenvalue weighted by Gasteiger charge is -2.25. The number of nitrogens with zero attached hydrogens (tertiary/aromatic N) is 1. The van der Waals surface area contributed by atoms with Gasteiger partial charge in [0.25, 0.3) is 11.7 Å². The molecule has 0 saturated carbocycles. The number of aliphatic hydroxyl groups is 1. The second kappa shape index (κ2) is 8.71. The van der Waals surface area contributed by atoms with E-state index in [1.807, 2.05) is 39.8 Å². The number of phenolic OH excluding ortho intramolecular Hbond substituents is 1. The highest BCUT2D eigenvalue weighted by Crippen LogP contribution is 2.40. The summed E-state index contributed by atoms with van der Waals surface area (Å²) in [6.07, 6.45) is -0.0103. The van der Waals surface area contributed by atoms with Gasteiger partial charge in [-0.25, -0.2) is 0 Å². The number of rotatable bonds is 6. The van der Waals surface area contributed by atoms with Crippen molar-refractivity contribution in [1.82, 2.24) is 4.90 Å². The molecule has 2 aromatic rings. The highest BCUT2D eigenvalue weighted by atomic mass is 16.5. The molecule has 0 aromatic heterocycles. The van der Waals surface area contributed by atoms with Gasteiger partial charge < -0.3 is 19.8 Å². The molecule has 1 saturated heterocycles. The molecule has 3 rings (SSSR count). The quantitative estimate of drug-likeness (QED) is 0.430. The van der Waals surface area contributed by atoms with Gasteiger partial charge in [-0.15, -0.1) is 0 Å². The van der Waals surface area contributed by atoms with E-state index in [1.165, 1.54) is 17.0 Å². The van der Waals surface area contributed by atoms with Crippen LogP contribution in [0.2, 0.25) is 0 Å². The molecule has 1 unspecified atom stereocenters. The lowest BCUT2D eigenvalue weighted by molar-refractivity contribution is -0.140. The number of benzene rings is 2. The Labute approximate surface area is 176 Å².